The molecular formula is C33H48N2O7. The lowest BCUT2D eigenvalue weighted by Gasteiger charge is -2.28. The van der Waals surface area contributed by atoms with E-state index in [9.17, 15) is 19.2 Å². The number of amides is 2. The summed E-state index contributed by atoms with van der Waals surface area (Å²) < 4.78 is 15.4. The van der Waals surface area contributed by atoms with Crippen LogP contribution in [0.1, 0.15) is 67.7 Å². The molecule has 0 spiro atoms. The fourth-order valence-electron chi connectivity index (χ4n) is 4.85. The largest absolute Gasteiger partial charge is 0.455 e. The Morgan fingerprint density at radius 3 is 2.38 bits per heavy atom. The van der Waals surface area contributed by atoms with Crippen molar-refractivity contribution in [3.63, 3.8) is 0 Å². The summed E-state index contributed by atoms with van der Waals surface area (Å²) in [5.74, 6) is -0.933. The number of allylic oxidation sites excluding steroid dienone is 8. The lowest BCUT2D eigenvalue weighted by molar-refractivity contribution is -0.141. The third-order valence-corrected chi connectivity index (χ3v) is 6.88. The van der Waals surface area contributed by atoms with E-state index in [2.05, 4.69) is 25.2 Å². The molecule has 0 aromatic carbocycles. The van der Waals surface area contributed by atoms with Crippen molar-refractivity contribution in [3.05, 3.63) is 71.4 Å². The van der Waals surface area contributed by atoms with Crippen LogP contribution in [0.5, 0.6) is 0 Å². The summed E-state index contributed by atoms with van der Waals surface area (Å²) in [6.45, 7) is 13.4. The fraction of sp³-hybridized carbons (Fsp3) is 0.515. The molecule has 0 radical (unpaired) electrons. The van der Waals surface area contributed by atoms with Crippen LogP contribution in [0.4, 0.5) is 9.59 Å². The highest BCUT2D eigenvalue weighted by molar-refractivity contribution is 5.97. The first-order valence-electron chi connectivity index (χ1n) is 14.4. The second-order valence-corrected chi connectivity index (χ2v) is 11.1. The number of ether oxygens (including phenoxy) is 3. The van der Waals surface area contributed by atoms with Gasteiger partial charge in [-0.05, 0) is 69.1 Å². The molecule has 1 rings (SSSR count). The highest BCUT2D eigenvalue weighted by Crippen LogP contribution is 2.26. The lowest BCUT2D eigenvalue weighted by Crippen LogP contribution is -2.38. The summed E-state index contributed by atoms with van der Waals surface area (Å²) in [5.41, 5.74) is 12.9. The van der Waals surface area contributed by atoms with Gasteiger partial charge in [-0.1, -0.05) is 75.3 Å². The first-order chi connectivity index (χ1) is 19.7. The van der Waals surface area contributed by atoms with Gasteiger partial charge in [0.05, 0.1) is 5.92 Å². The van der Waals surface area contributed by atoms with Crippen molar-refractivity contribution in [1.82, 2.24) is 0 Å². The molecule has 1 aliphatic rings. The van der Waals surface area contributed by atoms with Gasteiger partial charge in [-0.2, -0.15) is 0 Å². The minimum atomic E-state index is -0.938. The van der Waals surface area contributed by atoms with Crippen LogP contribution in [-0.2, 0) is 23.8 Å². The van der Waals surface area contributed by atoms with Crippen LogP contribution < -0.4 is 11.5 Å². The van der Waals surface area contributed by atoms with Gasteiger partial charge in [0.1, 0.15) is 18.8 Å². The number of cyclic esters (lactones) is 1. The molecule has 42 heavy (non-hydrogen) atoms. The monoisotopic (exact) mass is 584 g/mol. The quantitative estimate of drug-likeness (QED) is 0.0715. The SMILES string of the molecule is CC(C=C[C@H]1CC=CC(=O)O1)=C[C@H](C)CC=CC(C)C=C(C)C(=O)[C@@H](C)[C@H](OC(N)=O)[C@@H](C)CC(C)=CCOC(N)=O. The standard InChI is InChI=1S/C33H48N2O7/c1-21(18-23(3)14-15-28-12-9-13-29(36)41-28)10-8-11-22(2)19-25(5)30(37)27(7)31(42-33(35)39)26(6)20-24(4)16-17-40-32(34)38/h8-9,11,13-16,18-19,21-22,26-28,31H,10,12,17,20H2,1-7H3,(H2,34,38)(H2,35,39)/t21-,22?,26+,27-,28-,31-/m1/s1. The van der Waals surface area contributed by atoms with Gasteiger partial charge in [-0.15, -0.1) is 0 Å². The van der Waals surface area contributed by atoms with Crippen LogP contribution in [0.3, 0.4) is 0 Å². The van der Waals surface area contributed by atoms with Crippen molar-refractivity contribution < 1.29 is 33.4 Å². The van der Waals surface area contributed by atoms with Crippen LogP contribution in [0.2, 0.25) is 0 Å². The Bertz CT molecular complexity index is 1130. The second-order valence-electron chi connectivity index (χ2n) is 11.1. The van der Waals surface area contributed by atoms with E-state index in [1.807, 2.05) is 52.0 Å². The smallest absolute Gasteiger partial charge is 0.404 e. The number of rotatable bonds is 16. The zero-order chi connectivity index (χ0) is 31.8. The Hall–Kier alpha value is -3.88. The third kappa shape index (κ3) is 14.7. The van der Waals surface area contributed by atoms with E-state index in [4.69, 9.17) is 25.7 Å². The van der Waals surface area contributed by atoms with E-state index in [1.54, 1.807) is 19.9 Å². The van der Waals surface area contributed by atoms with Crippen molar-refractivity contribution in [1.29, 1.82) is 0 Å². The molecule has 1 unspecified atom stereocenters. The topological polar surface area (TPSA) is 148 Å². The minimum absolute atomic E-state index is 0.0238. The maximum Gasteiger partial charge on any atom is 0.404 e. The van der Waals surface area contributed by atoms with Crippen molar-refractivity contribution in [2.45, 2.75) is 79.9 Å². The molecule has 0 aromatic rings. The van der Waals surface area contributed by atoms with Gasteiger partial charge in [0.2, 0.25) is 0 Å². The number of hydrogen-bond donors (Lipinski definition) is 2. The van der Waals surface area contributed by atoms with Crippen LogP contribution in [0.15, 0.2) is 71.4 Å². The van der Waals surface area contributed by atoms with Gasteiger partial charge in [0, 0.05) is 12.5 Å². The van der Waals surface area contributed by atoms with Crippen LogP contribution in [0, 0.1) is 23.7 Å². The van der Waals surface area contributed by atoms with Crippen molar-refractivity contribution in [2.24, 2.45) is 35.1 Å². The van der Waals surface area contributed by atoms with Crippen LogP contribution in [-0.4, -0.2) is 42.8 Å². The molecule has 0 saturated carbocycles. The Kier molecular flexibility index (Phi) is 15.9. The summed E-state index contributed by atoms with van der Waals surface area (Å²) in [6.07, 6.45) is 16.4. The van der Waals surface area contributed by atoms with E-state index in [-0.39, 0.29) is 36.3 Å². The number of carbonyl (C=O) groups excluding carboxylic acids is 4. The summed E-state index contributed by atoms with van der Waals surface area (Å²) in [5, 5.41) is 0. The van der Waals surface area contributed by atoms with Crippen molar-refractivity contribution in [3.8, 4) is 0 Å². The normalized spacial score (nSPS) is 20.1. The molecule has 1 aliphatic heterocycles. The molecule has 4 N–H and O–H groups in total. The van der Waals surface area contributed by atoms with Gasteiger partial charge in [-0.25, -0.2) is 14.4 Å². The average molecular weight is 585 g/mol. The van der Waals surface area contributed by atoms with Crippen molar-refractivity contribution in [2.75, 3.05) is 6.61 Å². The fourth-order valence-corrected chi connectivity index (χ4v) is 4.85. The number of esters is 1. The average Bonchev–Trinajstić information content (AvgIpc) is 2.89. The van der Waals surface area contributed by atoms with E-state index in [0.29, 0.717) is 24.3 Å². The van der Waals surface area contributed by atoms with Gasteiger partial charge in [0.15, 0.2) is 5.78 Å². The predicted molar refractivity (Wildman–Crippen MR) is 164 cm³/mol. The second kappa shape index (κ2) is 18.5. The molecule has 0 saturated heterocycles. The summed E-state index contributed by atoms with van der Waals surface area (Å²) in [7, 11) is 0. The highest BCUT2D eigenvalue weighted by Gasteiger charge is 2.32. The van der Waals surface area contributed by atoms with Crippen LogP contribution in [0.25, 0.3) is 0 Å². The summed E-state index contributed by atoms with van der Waals surface area (Å²) in [4.78, 5) is 47.0. The number of ketones is 1. The lowest BCUT2D eigenvalue weighted by atomic mass is 9.84. The Balaban J connectivity index is 2.75. The maximum atomic E-state index is 13.3. The van der Waals surface area contributed by atoms with Gasteiger partial charge in [-0.3, -0.25) is 4.79 Å². The molecule has 0 fully saturated rings. The maximum absolute atomic E-state index is 13.3. The Morgan fingerprint density at radius 2 is 1.76 bits per heavy atom. The number of Topliss-reactive ketones (excluding diaryl/α,β-unsaturated/α-hetero) is 1. The highest BCUT2D eigenvalue weighted by atomic mass is 16.6. The summed E-state index contributed by atoms with van der Waals surface area (Å²) in [6, 6.07) is 0. The first kappa shape index (κ1) is 36.1. The van der Waals surface area contributed by atoms with E-state index in [1.165, 1.54) is 6.08 Å². The van der Waals surface area contributed by atoms with E-state index < -0.39 is 24.2 Å². The summed E-state index contributed by atoms with van der Waals surface area (Å²) >= 11 is 0. The van der Waals surface area contributed by atoms with Gasteiger partial charge >= 0.3 is 18.2 Å². The molecule has 1 heterocycles. The molecule has 2 amide bonds. The van der Waals surface area contributed by atoms with Crippen molar-refractivity contribution >= 4 is 23.9 Å². The molecule has 232 valence electrons. The third-order valence-electron chi connectivity index (χ3n) is 6.88. The predicted octanol–water partition coefficient (Wildman–Crippen LogP) is 6.26. The zero-order valence-corrected chi connectivity index (χ0v) is 26.0. The number of primary amides is 2. The number of carbonyl (C=O) groups is 4. The molecule has 9 heteroatoms. The molecule has 0 aliphatic carbocycles. The molecular weight excluding hydrogens is 536 g/mol. The Labute approximate surface area is 250 Å². The van der Waals surface area contributed by atoms with Gasteiger partial charge < -0.3 is 25.7 Å². The molecule has 6 atom stereocenters. The number of nitrogens with two attached hydrogens (primary N) is 2. The first-order valence-corrected chi connectivity index (χ1v) is 14.4. The molecule has 0 aromatic heterocycles. The van der Waals surface area contributed by atoms with Gasteiger partial charge in [0.25, 0.3) is 0 Å². The zero-order valence-electron chi connectivity index (χ0n) is 26.0. The number of hydrogen-bond acceptors (Lipinski definition) is 7. The van der Waals surface area contributed by atoms with Crippen LogP contribution >= 0.6 is 0 Å². The Morgan fingerprint density at radius 1 is 1.07 bits per heavy atom. The minimum Gasteiger partial charge on any atom is -0.455 e. The van der Waals surface area contributed by atoms with E-state index in [0.717, 1.165) is 17.6 Å². The molecule has 9 nitrogen and oxygen atoms in total. The van der Waals surface area contributed by atoms with E-state index >= 15 is 0 Å². The molecule has 0 bridgehead atoms.